The molecule has 0 saturated heterocycles. The van der Waals surface area contributed by atoms with Gasteiger partial charge in [-0.2, -0.15) is 0 Å². The highest BCUT2D eigenvalue weighted by molar-refractivity contribution is 5.24. The Hall–Kier alpha value is -0.960. The topological polar surface area (TPSA) is 12.0 Å². The summed E-state index contributed by atoms with van der Waals surface area (Å²) in [5.41, 5.74) is 0.677. The van der Waals surface area contributed by atoms with Crippen LogP contribution in [-0.2, 0) is 0 Å². The summed E-state index contributed by atoms with van der Waals surface area (Å²) in [5.74, 6) is -0.931. The number of nitrogens with one attached hydrogen (secondary N) is 1. The molecule has 1 saturated carbocycles. The first kappa shape index (κ1) is 15.4. The van der Waals surface area contributed by atoms with Crippen molar-refractivity contribution in [2.45, 2.75) is 58.4 Å². The molecule has 1 atom stereocenters. The molecule has 0 aromatic heterocycles. The van der Waals surface area contributed by atoms with E-state index in [9.17, 15) is 8.78 Å². The zero-order valence-electron chi connectivity index (χ0n) is 12.5. The predicted molar refractivity (Wildman–Crippen MR) is 78.6 cm³/mol. The van der Waals surface area contributed by atoms with Crippen molar-refractivity contribution in [3.63, 3.8) is 0 Å². The minimum atomic E-state index is -0.505. The van der Waals surface area contributed by atoms with Crippen LogP contribution in [0.4, 0.5) is 8.78 Å². The Kier molecular flexibility index (Phi) is 5.14. The first-order valence-electron chi connectivity index (χ1n) is 7.75. The lowest BCUT2D eigenvalue weighted by Gasteiger charge is -2.41. The summed E-state index contributed by atoms with van der Waals surface area (Å²) in [6.07, 6.45) is 6.88. The fourth-order valence-corrected chi connectivity index (χ4v) is 3.40. The van der Waals surface area contributed by atoms with Gasteiger partial charge in [-0.25, -0.2) is 8.78 Å². The van der Waals surface area contributed by atoms with E-state index in [2.05, 4.69) is 19.2 Å². The van der Waals surface area contributed by atoms with Gasteiger partial charge in [0.05, 0.1) is 0 Å². The van der Waals surface area contributed by atoms with E-state index in [-0.39, 0.29) is 11.5 Å². The van der Waals surface area contributed by atoms with E-state index in [0.29, 0.717) is 5.56 Å². The smallest absolute Gasteiger partial charge is 0.130 e. The van der Waals surface area contributed by atoms with Crippen molar-refractivity contribution in [1.29, 1.82) is 0 Å². The van der Waals surface area contributed by atoms with E-state index in [0.717, 1.165) is 31.9 Å². The summed E-state index contributed by atoms with van der Waals surface area (Å²) < 4.78 is 27.3. The quantitative estimate of drug-likeness (QED) is 0.803. The molecule has 2 rings (SSSR count). The van der Waals surface area contributed by atoms with E-state index in [1.165, 1.54) is 25.3 Å². The third-order valence-corrected chi connectivity index (χ3v) is 4.56. The van der Waals surface area contributed by atoms with Crippen molar-refractivity contribution in [3.05, 3.63) is 35.4 Å². The van der Waals surface area contributed by atoms with E-state index < -0.39 is 11.6 Å². The molecule has 0 bridgehead atoms. The first-order chi connectivity index (χ1) is 9.57. The molecule has 1 N–H and O–H groups in total. The average molecular weight is 281 g/mol. The summed E-state index contributed by atoms with van der Waals surface area (Å²) in [6, 6.07) is 3.95. The molecule has 0 amide bonds. The Bertz CT molecular complexity index is 439. The van der Waals surface area contributed by atoms with Crippen LogP contribution in [0.3, 0.4) is 0 Å². The Morgan fingerprint density at radius 2 is 1.90 bits per heavy atom. The molecule has 0 radical (unpaired) electrons. The summed E-state index contributed by atoms with van der Waals surface area (Å²) >= 11 is 0. The van der Waals surface area contributed by atoms with Crippen molar-refractivity contribution in [2.24, 2.45) is 5.41 Å². The molecule has 1 fully saturated rings. The largest absolute Gasteiger partial charge is 0.309 e. The molecule has 1 aliphatic carbocycles. The van der Waals surface area contributed by atoms with Gasteiger partial charge in [-0.3, -0.25) is 0 Å². The molecule has 0 heterocycles. The van der Waals surface area contributed by atoms with Crippen molar-refractivity contribution in [2.75, 3.05) is 6.54 Å². The molecule has 20 heavy (non-hydrogen) atoms. The third kappa shape index (κ3) is 3.38. The predicted octanol–water partition coefficient (Wildman–Crippen LogP) is 4.98. The number of hydrogen-bond acceptors (Lipinski definition) is 1. The van der Waals surface area contributed by atoms with E-state index in [4.69, 9.17) is 0 Å². The lowest BCUT2D eigenvalue weighted by atomic mass is 9.68. The van der Waals surface area contributed by atoms with Crippen LogP contribution in [0.1, 0.15) is 64.0 Å². The van der Waals surface area contributed by atoms with Gasteiger partial charge in [0.2, 0.25) is 0 Å². The SMILES string of the molecule is CCCNC(c1ccc(F)cc1F)C1(C)CCCCC1. The minimum Gasteiger partial charge on any atom is -0.309 e. The Morgan fingerprint density at radius 3 is 2.50 bits per heavy atom. The zero-order valence-corrected chi connectivity index (χ0v) is 12.5. The normalized spacial score (nSPS) is 19.8. The van der Waals surface area contributed by atoms with Gasteiger partial charge in [-0.05, 0) is 37.3 Å². The Morgan fingerprint density at radius 1 is 1.20 bits per heavy atom. The Balaban J connectivity index is 2.30. The monoisotopic (exact) mass is 281 g/mol. The van der Waals surface area contributed by atoms with E-state index in [1.807, 2.05) is 0 Å². The van der Waals surface area contributed by atoms with Crippen LogP contribution in [0.25, 0.3) is 0 Å². The van der Waals surface area contributed by atoms with Gasteiger partial charge in [0.15, 0.2) is 0 Å². The number of rotatable bonds is 5. The highest BCUT2D eigenvalue weighted by Gasteiger charge is 2.37. The average Bonchev–Trinajstić information content (AvgIpc) is 2.42. The van der Waals surface area contributed by atoms with Crippen LogP contribution in [0.15, 0.2) is 18.2 Å². The van der Waals surface area contributed by atoms with Crippen LogP contribution >= 0.6 is 0 Å². The summed E-state index contributed by atoms with van der Waals surface area (Å²) in [4.78, 5) is 0. The maximum absolute atomic E-state index is 14.2. The van der Waals surface area contributed by atoms with Crippen LogP contribution in [0.5, 0.6) is 0 Å². The van der Waals surface area contributed by atoms with Crippen LogP contribution in [0.2, 0.25) is 0 Å². The van der Waals surface area contributed by atoms with Gasteiger partial charge in [0.1, 0.15) is 11.6 Å². The number of hydrogen-bond donors (Lipinski definition) is 1. The van der Waals surface area contributed by atoms with Gasteiger partial charge in [-0.15, -0.1) is 0 Å². The summed E-state index contributed by atoms with van der Waals surface area (Å²) in [7, 11) is 0. The van der Waals surface area contributed by atoms with Crippen molar-refractivity contribution < 1.29 is 8.78 Å². The molecule has 112 valence electrons. The molecule has 1 unspecified atom stereocenters. The molecule has 1 nitrogen and oxygen atoms in total. The van der Waals surface area contributed by atoms with Crippen LogP contribution < -0.4 is 5.32 Å². The summed E-state index contributed by atoms with van der Waals surface area (Å²) in [5, 5.41) is 3.49. The molecule has 1 aliphatic rings. The minimum absolute atomic E-state index is 0.0247. The van der Waals surface area contributed by atoms with Crippen molar-refractivity contribution >= 4 is 0 Å². The second kappa shape index (κ2) is 6.66. The molecular formula is C17H25F2N. The third-order valence-electron chi connectivity index (χ3n) is 4.56. The number of halogens is 2. The first-order valence-corrected chi connectivity index (χ1v) is 7.75. The molecule has 1 aromatic rings. The molecule has 3 heteroatoms. The van der Waals surface area contributed by atoms with E-state index in [1.54, 1.807) is 6.07 Å². The maximum atomic E-state index is 14.2. The van der Waals surface area contributed by atoms with Crippen molar-refractivity contribution in [1.82, 2.24) is 5.32 Å². The molecule has 1 aromatic carbocycles. The fraction of sp³-hybridized carbons (Fsp3) is 0.647. The highest BCUT2D eigenvalue weighted by Crippen LogP contribution is 2.46. The Labute approximate surface area is 120 Å². The molecule has 0 spiro atoms. The van der Waals surface area contributed by atoms with Crippen molar-refractivity contribution in [3.8, 4) is 0 Å². The fourth-order valence-electron chi connectivity index (χ4n) is 3.40. The van der Waals surface area contributed by atoms with Crippen LogP contribution in [-0.4, -0.2) is 6.54 Å². The van der Waals surface area contributed by atoms with E-state index >= 15 is 0 Å². The summed E-state index contributed by atoms with van der Waals surface area (Å²) in [6.45, 7) is 5.20. The zero-order chi connectivity index (χ0) is 14.6. The van der Waals surface area contributed by atoms with Gasteiger partial charge in [0, 0.05) is 17.7 Å². The standard InChI is InChI=1S/C17H25F2N/c1-3-11-20-16(17(2)9-5-4-6-10-17)14-8-7-13(18)12-15(14)19/h7-8,12,16,20H,3-6,9-11H2,1-2H3. The van der Waals surface area contributed by atoms with Gasteiger partial charge in [-0.1, -0.05) is 39.2 Å². The van der Waals surface area contributed by atoms with Crippen LogP contribution in [0, 0.1) is 17.0 Å². The molecule has 0 aliphatic heterocycles. The lowest BCUT2D eigenvalue weighted by Crippen LogP contribution is -2.38. The highest BCUT2D eigenvalue weighted by atomic mass is 19.1. The second-order valence-electron chi connectivity index (χ2n) is 6.27. The lowest BCUT2D eigenvalue weighted by molar-refractivity contribution is 0.142. The van der Waals surface area contributed by atoms with Gasteiger partial charge < -0.3 is 5.32 Å². The van der Waals surface area contributed by atoms with Gasteiger partial charge >= 0.3 is 0 Å². The maximum Gasteiger partial charge on any atom is 0.130 e. The second-order valence-corrected chi connectivity index (χ2v) is 6.27. The van der Waals surface area contributed by atoms with Gasteiger partial charge in [0.25, 0.3) is 0 Å². The molecular weight excluding hydrogens is 256 g/mol. The number of benzene rings is 1.